The maximum Gasteiger partial charge on any atom is 0.256 e. The van der Waals surface area contributed by atoms with Crippen molar-refractivity contribution in [2.24, 2.45) is 5.73 Å². The minimum Gasteiger partial charge on any atom is -0.366 e. The molecule has 31 heavy (non-hydrogen) atoms. The molecule has 0 bridgehead atoms. The van der Waals surface area contributed by atoms with Gasteiger partial charge in [-0.1, -0.05) is 18.2 Å². The van der Waals surface area contributed by atoms with E-state index >= 15 is 0 Å². The van der Waals surface area contributed by atoms with Crippen LogP contribution in [0.15, 0.2) is 48.5 Å². The van der Waals surface area contributed by atoms with Crippen LogP contribution in [0, 0.1) is 12.7 Å². The van der Waals surface area contributed by atoms with Crippen molar-refractivity contribution in [3.8, 4) is 5.95 Å². The van der Waals surface area contributed by atoms with E-state index < -0.39 is 5.91 Å². The summed E-state index contributed by atoms with van der Waals surface area (Å²) < 4.78 is 15.3. The van der Waals surface area contributed by atoms with Gasteiger partial charge in [0, 0.05) is 37.3 Å². The summed E-state index contributed by atoms with van der Waals surface area (Å²) in [6.07, 6.45) is 0. The Bertz CT molecular complexity index is 1280. The van der Waals surface area contributed by atoms with Gasteiger partial charge >= 0.3 is 0 Å². The van der Waals surface area contributed by atoms with Gasteiger partial charge in [0.05, 0.1) is 5.52 Å². The number of halogens is 1. The lowest BCUT2D eigenvalue weighted by Crippen LogP contribution is -2.18. The van der Waals surface area contributed by atoms with Crippen LogP contribution in [0.3, 0.4) is 0 Å². The van der Waals surface area contributed by atoms with E-state index in [1.165, 1.54) is 12.1 Å². The first-order chi connectivity index (χ1) is 14.8. The average molecular weight is 419 g/mol. The van der Waals surface area contributed by atoms with Crippen LogP contribution in [0.5, 0.6) is 0 Å². The number of amides is 1. The van der Waals surface area contributed by atoms with E-state index in [0.29, 0.717) is 29.7 Å². The van der Waals surface area contributed by atoms with E-state index in [1.54, 1.807) is 23.1 Å². The van der Waals surface area contributed by atoms with Crippen molar-refractivity contribution in [2.45, 2.75) is 13.5 Å². The zero-order chi connectivity index (χ0) is 22.1. The van der Waals surface area contributed by atoms with Gasteiger partial charge in [-0.15, -0.1) is 10.2 Å². The standard InChI is InChI=1S/C22H22FN7O/c1-13-10-17-16(19(24)31)8-5-9-18(17)30(13)22-26-20(21(27-28-22)29(2)3)25-12-14-6-4-7-15(23)11-14/h4-11H,12H2,1-3H3,(H2,24,31)(H,25,26,28). The van der Waals surface area contributed by atoms with Crippen LogP contribution in [-0.2, 0) is 6.54 Å². The van der Waals surface area contributed by atoms with E-state index in [-0.39, 0.29) is 5.82 Å². The van der Waals surface area contributed by atoms with Crippen LogP contribution in [0.25, 0.3) is 16.9 Å². The Labute approximate surface area is 178 Å². The van der Waals surface area contributed by atoms with Crippen molar-refractivity contribution in [3.63, 3.8) is 0 Å². The molecule has 2 aromatic heterocycles. The van der Waals surface area contributed by atoms with Crippen molar-refractivity contribution in [3.05, 3.63) is 71.2 Å². The van der Waals surface area contributed by atoms with E-state index in [2.05, 4.69) is 20.5 Å². The molecule has 0 saturated heterocycles. The molecule has 1 amide bonds. The fourth-order valence-electron chi connectivity index (χ4n) is 3.50. The highest BCUT2D eigenvalue weighted by Crippen LogP contribution is 2.27. The van der Waals surface area contributed by atoms with Crippen LogP contribution in [0.1, 0.15) is 21.6 Å². The van der Waals surface area contributed by atoms with Crippen LogP contribution in [-0.4, -0.2) is 39.8 Å². The monoisotopic (exact) mass is 419 g/mol. The topological polar surface area (TPSA) is 102 Å². The molecular weight excluding hydrogens is 397 g/mol. The first-order valence-corrected chi connectivity index (χ1v) is 9.66. The summed E-state index contributed by atoms with van der Waals surface area (Å²) in [4.78, 5) is 18.3. The number of nitrogens with one attached hydrogen (secondary N) is 1. The minimum atomic E-state index is -0.498. The molecule has 158 valence electrons. The molecular formula is C22H22FN7O. The summed E-state index contributed by atoms with van der Waals surface area (Å²) in [5.41, 5.74) is 8.32. The summed E-state index contributed by atoms with van der Waals surface area (Å²) in [6, 6.07) is 13.6. The Morgan fingerprint density at radius 1 is 1.16 bits per heavy atom. The SMILES string of the molecule is Cc1cc2c(C(N)=O)cccc2n1-c1nnc(N(C)C)c(NCc2cccc(F)c2)n1. The highest BCUT2D eigenvalue weighted by molar-refractivity contribution is 6.06. The molecule has 9 heteroatoms. The molecule has 0 aliphatic rings. The lowest BCUT2D eigenvalue weighted by Gasteiger charge is -2.17. The molecule has 2 heterocycles. The number of carbonyl (C=O) groups excluding carboxylic acids is 1. The van der Waals surface area contributed by atoms with Crippen LogP contribution < -0.4 is 16.0 Å². The van der Waals surface area contributed by atoms with Crippen molar-refractivity contribution in [1.82, 2.24) is 19.7 Å². The minimum absolute atomic E-state index is 0.298. The van der Waals surface area contributed by atoms with Gasteiger partial charge in [-0.25, -0.2) is 4.39 Å². The fourth-order valence-corrected chi connectivity index (χ4v) is 3.50. The zero-order valence-electron chi connectivity index (χ0n) is 17.4. The molecule has 0 aliphatic heterocycles. The van der Waals surface area contributed by atoms with Gasteiger partial charge in [0.2, 0.25) is 5.91 Å². The molecule has 0 saturated carbocycles. The Morgan fingerprint density at radius 3 is 2.65 bits per heavy atom. The molecule has 8 nitrogen and oxygen atoms in total. The molecule has 4 aromatic rings. The summed E-state index contributed by atoms with van der Waals surface area (Å²) in [5, 5.41) is 12.6. The number of fused-ring (bicyclic) bond motifs is 1. The molecule has 0 fully saturated rings. The number of benzene rings is 2. The number of carbonyl (C=O) groups is 1. The third kappa shape index (κ3) is 3.89. The normalized spacial score (nSPS) is 11.0. The average Bonchev–Trinajstić information content (AvgIpc) is 3.07. The van der Waals surface area contributed by atoms with E-state index in [1.807, 2.05) is 43.8 Å². The van der Waals surface area contributed by atoms with Crippen molar-refractivity contribution < 1.29 is 9.18 Å². The van der Waals surface area contributed by atoms with Gasteiger partial charge < -0.3 is 16.0 Å². The number of nitrogens with zero attached hydrogens (tertiary/aromatic N) is 5. The smallest absolute Gasteiger partial charge is 0.256 e. The second-order valence-electron chi connectivity index (χ2n) is 7.39. The summed E-state index contributed by atoms with van der Waals surface area (Å²) >= 11 is 0. The Morgan fingerprint density at radius 2 is 1.94 bits per heavy atom. The molecule has 0 aliphatic carbocycles. The molecule has 0 spiro atoms. The van der Waals surface area contributed by atoms with Gasteiger partial charge in [-0.05, 0) is 42.8 Å². The zero-order valence-corrected chi connectivity index (χ0v) is 17.4. The Kier molecular flexibility index (Phi) is 5.24. The number of aryl methyl sites for hydroxylation is 1. The van der Waals surface area contributed by atoms with E-state index in [4.69, 9.17) is 5.73 Å². The van der Waals surface area contributed by atoms with Crippen molar-refractivity contribution >= 4 is 28.4 Å². The quantitative estimate of drug-likeness (QED) is 0.498. The molecule has 0 atom stereocenters. The van der Waals surface area contributed by atoms with E-state index in [9.17, 15) is 9.18 Å². The number of anilines is 2. The molecule has 4 rings (SSSR count). The largest absolute Gasteiger partial charge is 0.366 e. The predicted molar refractivity (Wildman–Crippen MR) is 118 cm³/mol. The first kappa shape index (κ1) is 20.3. The summed E-state index contributed by atoms with van der Waals surface area (Å²) in [7, 11) is 3.68. The number of hydrogen-bond donors (Lipinski definition) is 2. The van der Waals surface area contributed by atoms with Crippen LogP contribution in [0.4, 0.5) is 16.0 Å². The number of aromatic nitrogens is 4. The van der Waals surface area contributed by atoms with Crippen molar-refractivity contribution in [2.75, 3.05) is 24.3 Å². The highest BCUT2D eigenvalue weighted by Gasteiger charge is 2.18. The number of primary amides is 1. The number of rotatable bonds is 6. The van der Waals surface area contributed by atoms with Gasteiger partial charge in [-0.3, -0.25) is 9.36 Å². The Balaban J connectivity index is 1.78. The fraction of sp³-hybridized carbons (Fsp3) is 0.182. The highest BCUT2D eigenvalue weighted by atomic mass is 19.1. The second kappa shape index (κ2) is 8.02. The Hall–Kier alpha value is -4.01. The third-order valence-corrected chi connectivity index (χ3v) is 4.93. The molecule has 0 radical (unpaired) electrons. The number of nitrogens with two attached hydrogens (primary N) is 1. The third-order valence-electron chi connectivity index (χ3n) is 4.93. The lowest BCUT2D eigenvalue weighted by molar-refractivity contribution is 0.100. The van der Waals surface area contributed by atoms with Gasteiger partial charge in [-0.2, -0.15) is 4.98 Å². The number of hydrogen-bond acceptors (Lipinski definition) is 6. The predicted octanol–water partition coefficient (Wildman–Crippen LogP) is 3.04. The molecule has 2 aromatic carbocycles. The second-order valence-corrected chi connectivity index (χ2v) is 7.39. The summed E-state index contributed by atoms with van der Waals surface area (Å²) in [5.74, 6) is 0.607. The van der Waals surface area contributed by atoms with Crippen LogP contribution in [0.2, 0.25) is 0 Å². The lowest BCUT2D eigenvalue weighted by atomic mass is 10.1. The van der Waals surface area contributed by atoms with Gasteiger partial charge in [0.1, 0.15) is 5.82 Å². The van der Waals surface area contributed by atoms with Gasteiger partial charge in [0.25, 0.3) is 5.95 Å². The maximum absolute atomic E-state index is 13.5. The van der Waals surface area contributed by atoms with E-state index in [0.717, 1.165) is 22.2 Å². The van der Waals surface area contributed by atoms with Gasteiger partial charge in [0.15, 0.2) is 11.6 Å². The molecule has 3 N–H and O–H groups in total. The maximum atomic E-state index is 13.5. The van der Waals surface area contributed by atoms with Crippen molar-refractivity contribution in [1.29, 1.82) is 0 Å². The molecule has 0 unspecified atom stereocenters. The first-order valence-electron chi connectivity index (χ1n) is 9.66. The van der Waals surface area contributed by atoms with Crippen LogP contribution >= 0.6 is 0 Å². The summed E-state index contributed by atoms with van der Waals surface area (Å²) in [6.45, 7) is 2.27.